The molecule has 8 heteroatoms. The van der Waals surface area contributed by atoms with Crippen LogP contribution < -0.4 is 5.32 Å². The summed E-state index contributed by atoms with van der Waals surface area (Å²) in [6.45, 7) is 2.90. The lowest BCUT2D eigenvalue weighted by Gasteiger charge is -2.19. The molecular formula is C10H12N2O5S. The Hall–Kier alpha value is -1.96. The third-order valence-electron chi connectivity index (χ3n) is 2.30. The zero-order valence-corrected chi connectivity index (χ0v) is 10.6. The molecule has 0 spiro atoms. The molecule has 0 bridgehead atoms. The van der Waals surface area contributed by atoms with Gasteiger partial charge in [-0.25, -0.2) is 0 Å². The zero-order valence-electron chi connectivity index (χ0n) is 9.80. The van der Waals surface area contributed by atoms with E-state index in [1.54, 1.807) is 0 Å². The van der Waals surface area contributed by atoms with Crippen LogP contribution in [0.1, 0.15) is 24.2 Å². The summed E-state index contributed by atoms with van der Waals surface area (Å²) in [7, 11) is 0. The Balaban J connectivity index is 2.66. The SMILES string of the molecule is CC(C)(CNC(=O)c1csc([N+](=O)[O-])c1)C(=O)O. The normalized spacial score (nSPS) is 11.0. The second-order valence-corrected chi connectivity index (χ2v) is 5.19. The van der Waals surface area contributed by atoms with Gasteiger partial charge in [-0.15, -0.1) is 0 Å². The largest absolute Gasteiger partial charge is 0.481 e. The fourth-order valence-corrected chi connectivity index (χ4v) is 1.72. The summed E-state index contributed by atoms with van der Waals surface area (Å²) in [5, 5.41) is 23.0. The van der Waals surface area contributed by atoms with E-state index >= 15 is 0 Å². The van der Waals surface area contributed by atoms with Crippen LogP contribution in [0, 0.1) is 15.5 Å². The monoisotopic (exact) mass is 272 g/mol. The number of carbonyl (C=O) groups excluding carboxylic acids is 1. The van der Waals surface area contributed by atoms with Crippen LogP contribution in [0.25, 0.3) is 0 Å². The Kier molecular flexibility index (Phi) is 4.02. The van der Waals surface area contributed by atoms with Crippen molar-refractivity contribution in [1.82, 2.24) is 5.32 Å². The number of carboxylic acids is 1. The summed E-state index contributed by atoms with van der Waals surface area (Å²) in [5.74, 6) is -1.55. The number of thiophene rings is 1. The van der Waals surface area contributed by atoms with Crippen LogP contribution in [0.2, 0.25) is 0 Å². The molecule has 18 heavy (non-hydrogen) atoms. The highest BCUT2D eigenvalue weighted by Crippen LogP contribution is 2.22. The van der Waals surface area contributed by atoms with Crippen molar-refractivity contribution in [2.75, 3.05) is 6.54 Å². The van der Waals surface area contributed by atoms with Crippen molar-refractivity contribution in [2.24, 2.45) is 5.41 Å². The van der Waals surface area contributed by atoms with Gasteiger partial charge in [-0.1, -0.05) is 11.3 Å². The molecule has 0 saturated heterocycles. The van der Waals surface area contributed by atoms with Crippen molar-refractivity contribution >= 4 is 28.2 Å². The molecule has 0 unspecified atom stereocenters. The lowest BCUT2D eigenvalue weighted by molar-refractivity contribution is -0.380. The maximum Gasteiger partial charge on any atom is 0.324 e. The topological polar surface area (TPSA) is 110 Å². The van der Waals surface area contributed by atoms with Crippen molar-refractivity contribution < 1.29 is 19.6 Å². The van der Waals surface area contributed by atoms with E-state index < -0.39 is 22.2 Å². The van der Waals surface area contributed by atoms with E-state index in [1.807, 2.05) is 0 Å². The number of carbonyl (C=O) groups is 2. The highest BCUT2D eigenvalue weighted by atomic mass is 32.1. The standard InChI is InChI=1S/C10H12N2O5S/c1-10(2,9(14)15)5-11-8(13)6-3-7(12(16)17)18-4-6/h3-4H,5H2,1-2H3,(H,11,13)(H,14,15). The number of carboxylic acid groups (broad SMARTS) is 1. The molecule has 0 aliphatic rings. The van der Waals surface area contributed by atoms with Gasteiger partial charge >= 0.3 is 11.0 Å². The number of nitro groups is 1. The minimum absolute atomic E-state index is 0.0508. The first-order valence-electron chi connectivity index (χ1n) is 4.98. The van der Waals surface area contributed by atoms with E-state index in [4.69, 9.17) is 5.11 Å². The number of amides is 1. The molecule has 98 valence electrons. The molecule has 0 atom stereocenters. The summed E-state index contributed by atoms with van der Waals surface area (Å²) in [5.41, 5.74) is -0.926. The second kappa shape index (κ2) is 5.13. The molecular weight excluding hydrogens is 260 g/mol. The molecule has 1 aromatic heterocycles. The Morgan fingerprint density at radius 1 is 1.56 bits per heavy atom. The second-order valence-electron chi connectivity index (χ2n) is 4.30. The Labute approximate surface area is 107 Å². The van der Waals surface area contributed by atoms with Gasteiger partial charge < -0.3 is 10.4 Å². The summed E-state index contributed by atoms with van der Waals surface area (Å²) in [6, 6.07) is 1.16. The minimum atomic E-state index is -1.09. The summed E-state index contributed by atoms with van der Waals surface area (Å²) in [6.07, 6.45) is 0. The molecule has 0 fully saturated rings. The number of nitrogens with one attached hydrogen (secondary N) is 1. The molecule has 1 aromatic rings. The highest BCUT2D eigenvalue weighted by molar-refractivity contribution is 7.13. The van der Waals surface area contributed by atoms with Crippen LogP contribution in [0.4, 0.5) is 5.00 Å². The van der Waals surface area contributed by atoms with Gasteiger partial charge in [-0.2, -0.15) is 0 Å². The van der Waals surface area contributed by atoms with Crippen LogP contribution >= 0.6 is 11.3 Å². The average molecular weight is 272 g/mol. The average Bonchev–Trinajstić information content (AvgIpc) is 2.75. The van der Waals surface area contributed by atoms with Crippen molar-refractivity contribution in [3.05, 3.63) is 27.1 Å². The zero-order chi connectivity index (χ0) is 13.9. The van der Waals surface area contributed by atoms with Crippen molar-refractivity contribution in [3.8, 4) is 0 Å². The summed E-state index contributed by atoms with van der Waals surface area (Å²) in [4.78, 5) is 32.3. The number of aliphatic carboxylic acids is 1. The lowest BCUT2D eigenvalue weighted by Crippen LogP contribution is -2.38. The van der Waals surface area contributed by atoms with E-state index in [2.05, 4.69) is 5.32 Å². The van der Waals surface area contributed by atoms with Gasteiger partial charge in [0, 0.05) is 18.0 Å². The quantitative estimate of drug-likeness (QED) is 0.623. The van der Waals surface area contributed by atoms with E-state index in [1.165, 1.54) is 19.2 Å². The van der Waals surface area contributed by atoms with E-state index in [0.717, 1.165) is 17.4 Å². The molecule has 2 N–H and O–H groups in total. The molecule has 0 aliphatic heterocycles. The van der Waals surface area contributed by atoms with Crippen LogP contribution in [0.3, 0.4) is 0 Å². The maximum absolute atomic E-state index is 11.6. The third kappa shape index (κ3) is 3.27. The predicted molar refractivity (Wildman–Crippen MR) is 64.7 cm³/mol. The maximum atomic E-state index is 11.6. The molecule has 0 aromatic carbocycles. The smallest absolute Gasteiger partial charge is 0.324 e. The molecule has 0 saturated carbocycles. The van der Waals surface area contributed by atoms with Gasteiger partial charge in [0.05, 0.1) is 15.9 Å². The van der Waals surface area contributed by atoms with Crippen molar-refractivity contribution in [3.63, 3.8) is 0 Å². The number of hydrogen-bond acceptors (Lipinski definition) is 5. The lowest BCUT2D eigenvalue weighted by atomic mass is 9.94. The van der Waals surface area contributed by atoms with Crippen molar-refractivity contribution in [1.29, 1.82) is 0 Å². The number of rotatable bonds is 5. The van der Waals surface area contributed by atoms with Crippen molar-refractivity contribution in [2.45, 2.75) is 13.8 Å². The van der Waals surface area contributed by atoms with Crippen LogP contribution in [-0.2, 0) is 4.79 Å². The first-order chi connectivity index (χ1) is 8.24. The summed E-state index contributed by atoms with van der Waals surface area (Å²) >= 11 is 0.849. The molecule has 0 aliphatic carbocycles. The van der Waals surface area contributed by atoms with Gasteiger partial charge in [0.2, 0.25) is 0 Å². The number of hydrogen-bond donors (Lipinski definition) is 2. The van der Waals surface area contributed by atoms with E-state index in [0.29, 0.717) is 0 Å². The molecule has 0 radical (unpaired) electrons. The molecule has 1 heterocycles. The third-order valence-corrected chi connectivity index (χ3v) is 3.18. The minimum Gasteiger partial charge on any atom is -0.481 e. The van der Waals surface area contributed by atoms with Gasteiger partial charge in [-0.3, -0.25) is 19.7 Å². The van der Waals surface area contributed by atoms with Crippen LogP contribution in [0.5, 0.6) is 0 Å². The number of nitrogens with zero attached hydrogens (tertiary/aromatic N) is 1. The van der Waals surface area contributed by atoms with E-state index in [9.17, 15) is 19.7 Å². The van der Waals surface area contributed by atoms with Gasteiger partial charge in [0.15, 0.2) is 0 Å². The first-order valence-corrected chi connectivity index (χ1v) is 5.86. The molecule has 1 amide bonds. The Bertz CT molecular complexity index is 494. The summed E-state index contributed by atoms with van der Waals surface area (Å²) < 4.78 is 0. The fourth-order valence-electron chi connectivity index (χ4n) is 1.02. The van der Waals surface area contributed by atoms with Crippen LogP contribution in [-0.4, -0.2) is 28.5 Å². The Morgan fingerprint density at radius 2 is 2.17 bits per heavy atom. The Morgan fingerprint density at radius 3 is 2.61 bits per heavy atom. The van der Waals surface area contributed by atoms with Gasteiger partial charge in [0.1, 0.15) is 0 Å². The molecule has 7 nitrogen and oxygen atoms in total. The molecule has 1 rings (SSSR count). The predicted octanol–water partition coefficient (Wildman–Crippen LogP) is 1.50. The van der Waals surface area contributed by atoms with Crippen LogP contribution in [0.15, 0.2) is 11.4 Å². The highest BCUT2D eigenvalue weighted by Gasteiger charge is 2.28. The first kappa shape index (κ1) is 14.1. The fraction of sp³-hybridized carbons (Fsp3) is 0.400. The van der Waals surface area contributed by atoms with Gasteiger partial charge in [0.25, 0.3) is 5.91 Å². The van der Waals surface area contributed by atoms with E-state index in [-0.39, 0.29) is 17.1 Å². The van der Waals surface area contributed by atoms with Gasteiger partial charge in [-0.05, 0) is 13.8 Å².